The number of rotatable bonds is 15. The second-order valence-corrected chi connectivity index (χ2v) is 8.00. The molecule has 0 radical (unpaired) electrons. The van der Waals surface area contributed by atoms with Gasteiger partial charge in [0.2, 0.25) is 0 Å². The number of carbonyl (C=O) groups is 2. The molecule has 2 rings (SSSR count). The summed E-state index contributed by atoms with van der Waals surface area (Å²) in [6, 6.07) is 13.5. The molecule has 6 nitrogen and oxygen atoms in total. The standard InChI is InChI=1S/C27H36O6/c1-31-26(29)17-16-24-22(12-5-3-4-6-18-28)13-8-15-25(24)33-19-9-11-21-10-7-14-23(20-21)27(30)32-2/h7-8,10,13-15,20,28H,3-6,9,11-12,16-19H2,1-2H3. The lowest BCUT2D eigenvalue weighted by atomic mass is 9.96. The number of esters is 2. The Labute approximate surface area is 196 Å². The number of aliphatic hydroxyl groups is 1. The third kappa shape index (κ3) is 9.26. The first kappa shape index (κ1) is 26.4. The molecule has 0 atom stereocenters. The van der Waals surface area contributed by atoms with Crippen LogP contribution in [0.5, 0.6) is 5.75 Å². The minimum atomic E-state index is -0.337. The van der Waals surface area contributed by atoms with Crippen molar-refractivity contribution in [2.24, 2.45) is 0 Å². The summed E-state index contributed by atoms with van der Waals surface area (Å²) in [6.45, 7) is 0.772. The average Bonchev–Trinajstić information content (AvgIpc) is 2.85. The highest BCUT2D eigenvalue weighted by atomic mass is 16.5. The molecule has 180 valence electrons. The Hall–Kier alpha value is -2.86. The van der Waals surface area contributed by atoms with E-state index in [1.54, 1.807) is 6.07 Å². The summed E-state index contributed by atoms with van der Waals surface area (Å²) in [5.41, 5.74) is 3.88. The van der Waals surface area contributed by atoms with Gasteiger partial charge in [-0.1, -0.05) is 37.1 Å². The first-order valence-corrected chi connectivity index (χ1v) is 11.7. The van der Waals surface area contributed by atoms with Gasteiger partial charge >= 0.3 is 11.9 Å². The fourth-order valence-corrected chi connectivity index (χ4v) is 3.80. The van der Waals surface area contributed by atoms with Crippen molar-refractivity contribution in [1.29, 1.82) is 0 Å². The molecule has 0 saturated carbocycles. The van der Waals surface area contributed by atoms with E-state index in [4.69, 9.17) is 19.3 Å². The SMILES string of the molecule is COC(=O)CCc1c(CCCCCCO)cccc1OCCCc1cccc(C(=O)OC)c1. The summed E-state index contributed by atoms with van der Waals surface area (Å²) in [6.07, 6.45) is 7.34. The molecule has 0 aliphatic heterocycles. The summed E-state index contributed by atoms with van der Waals surface area (Å²) >= 11 is 0. The molecule has 6 heteroatoms. The van der Waals surface area contributed by atoms with Gasteiger partial charge in [0.05, 0.1) is 26.4 Å². The third-order valence-corrected chi connectivity index (χ3v) is 5.61. The van der Waals surface area contributed by atoms with Crippen molar-refractivity contribution >= 4 is 11.9 Å². The fourth-order valence-electron chi connectivity index (χ4n) is 3.80. The molecule has 0 aliphatic rings. The van der Waals surface area contributed by atoms with Gasteiger partial charge in [-0.25, -0.2) is 4.79 Å². The van der Waals surface area contributed by atoms with Crippen LogP contribution in [0, 0.1) is 0 Å². The normalized spacial score (nSPS) is 10.6. The van der Waals surface area contributed by atoms with Gasteiger partial charge in [0, 0.05) is 13.0 Å². The molecule has 0 spiro atoms. The number of unbranched alkanes of at least 4 members (excludes halogenated alkanes) is 3. The van der Waals surface area contributed by atoms with E-state index in [-0.39, 0.29) is 18.5 Å². The number of hydrogen-bond acceptors (Lipinski definition) is 6. The number of benzene rings is 2. The van der Waals surface area contributed by atoms with E-state index in [2.05, 4.69) is 6.07 Å². The summed E-state index contributed by atoms with van der Waals surface area (Å²) in [7, 11) is 2.78. The Kier molecular flexibility index (Phi) is 12.0. The topological polar surface area (TPSA) is 82.1 Å². The highest BCUT2D eigenvalue weighted by molar-refractivity contribution is 5.89. The van der Waals surface area contributed by atoms with Gasteiger partial charge in [0.25, 0.3) is 0 Å². The first-order chi connectivity index (χ1) is 16.1. The van der Waals surface area contributed by atoms with Crippen molar-refractivity contribution in [3.63, 3.8) is 0 Å². The van der Waals surface area contributed by atoms with E-state index in [1.165, 1.54) is 19.8 Å². The maximum absolute atomic E-state index is 11.7. The van der Waals surface area contributed by atoms with Crippen LogP contribution in [0.25, 0.3) is 0 Å². The van der Waals surface area contributed by atoms with Crippen LogP contribution in [-0.2, 0) is 33.5 Å². The second kappa shape index (κ2) is 15.1. The van der Waals surface area contributed by atoms with E-state index in [0.717, 1.165) is 61.8 Å². The van der Waals surface area contributed by atoms with Crippen molar-refractivity contribution in [2.75, 3.05) is 27.4 Å². The maximum Gasteiger partial charge on any atom is 0.337 e. The second-order valence-electron chi connectivity index (χ2n) is 8.00. The van der Waals surface area contributed by atoms with Crippen LogP contribution in [0.4, 0.5) is 0 Å². The van der Waals surface area contributed by atoms with Crippen LogP contribution < -0.4 is 4.74 Å². The van der Waals surface area contributed by atoms with Crippen molar-refractivity contribution in [2.45, 2.75) is 57.8 Å². The minimum Gasteiger partial charge on any atom is -0.493 e. The molecule has 2 aromatic carbocycles. The number of methoxy groups -OCH3 is 2. The Morgan fingerprint density at radius 3 is 2.39 bits per heavy atom. The molecule has 0 bridgehead atoms. The Morgan fingerprint density at radius 1 is 0.848 bits per heavy atom. The molecule has 1 N–H and O–H groups in total. The number of carbonyl (C=O) groups excluding carboxylic acids is 2. The quantitative estimate of drug-likeness (QED) is 0.309. The van der Waals surface area contributed by atoms with Crippen molar-refractivity contribution in [3.05, 3.63) is 64.7 Å². The first-order valence-electron chi connectivity index (χ1n) is 11.7. The third-order valence-electron chi connectivity index (χ3n) is 5.61. The largest absolute Gasteiger partial charge is 0.493 e. The maximum atomic E-state index is 11.7. The van der Waals surface area contributed by atoms with Crippen molar-refractivity contribution < 1.29 is 28.9 Å². The van der Waals surface area contributed by atoms with E-state index >= 15 is 0 Å². The van der Waals surface area contributed by atoms with Gasteiger partial charge in [-0.05, 0) is 73.4 Å². The van der Waals surface area contributed by atoms with E-state index in [1.807, 2.05) is 30.3 Å². The highest BCUT2D eigenvalue weighted by Crippen LogP contribution is 2.26. The lowest BCUT2D eigenvalue weighted by molar-refractivity contribution is -0.140. The predicted octanol–water partition coefficient (Wildman–Crippen LogP) is 4.69. The van der Waals surface area contributed by atoms with E-state index < -0.39 is 0 Å². The summed E-state index contributed by atoms with van der Waals surface area (Å²) < 4.78 is 15.7. The van der Waals surface area contributed by atoms with Crippen molar-refractivity contribution in [3.8, 4) is 5.75 Å². The zero-order valence-electron chi connectivity index (χ0n) is 19.8. The predicted molar refractivity (Wildman–Crippen MR) is 128 cm³/mol. The van der Waals surface area contributed by atoms with E-state index in [9.17, 15) is 9.59 Å². The van der Waals surface area contributed by atoms with Crippen molar-refractivity contribution in [1.82, 2.24) is 0 Å². The molecule has 0 amide bonds. The number of aryl methyl sites for hydroxylation is 2. The number of hydrogen-bond donors (Lipinski definition) is 1. The Balaban J connectivity index is 1.98. The van der Waals surface area contributed by atoms with Crippen LogP contribution >= 0.6 is 0 Å². The molecule has 0 aromatic heterocycles. The van der Waals surface area contributed by atoms with Crippen LogP contribution in [-0.4, -0.2) is 44.5 Å². The highest BCUT2D eigenvalue weighted by Gasteiger charge is 2.13. The van der Waals surface area contributed by atoms with Crippen LogP contribution in [0.3, 0.4) is 0 Å². The minimum absolute atomic E-state index is 0.232. The van der Waals surface area contributed by atoms with Gasteiger partial charge in [-0.3, -0.25) is 4.79 Å². The lowest BCUT2D eigenvalue weighted by Gasteiger charge is -2.16. The summed E-state index contributed by atoms with van der Waals surface area (Å²) in [5.74, 6) is 0.246. The van der Waals surface area contributed by atoms with E-state index in [0.29, 0.717) is 25.0 Å². The van der Waals surface area contributed by atoms with Crippen LogP contribution in [0.2, 0.25) is 0 Å². The molecule has 33 heavy (non-hydrogen) atoms. The number of ether oxygens (including phenoxy) is 3. The zero-order valence-corrected chi connectivity index (χ0v) is 19.8. The molecule has 2 aromatic rings. The summed E-state index contributed by atoms with van der Waals surface area (Å²) in [5, 5.41) is 8.95. The van der Waals surface area contributed by atoms with Gasteiger partial charge in [0.1, 0.15) is 5.75 Å². The number of aliphatic hydroxyl groups excluding tert-OH is 1. The zero-order chi connectivity index (χ0) is 23.9. The molecule has 0 aliphatic carbocycles. The molecule has 0 saturated heterocycles. The van der Waals surface area contributed by atoms with Gasteiger partial charge in [-0.15, -0.1) is 0 Å². The molecular formula is C27H36O6. The molecule has 0 unspecified atom stereocenters. The average molecular weight is 457 g/mol. The lowest BCUT2D eigenvalue weighted by Crippen LogP contribution is -2.08. The van der Waals surface area contributed by atoms with Gasteiger partial charge < -0.3 is 19.3 Å². The van der Waals surface area contributed by atoms with Crippen LogP contribution in [0.1, 0.15) is 65.6 Å². The van der Waals surface area contributed by atoms with Crippen LogP contribution in [0.15, 0.2) is 42.5 Å². The smallest absolute Gasteiger partial charge is 0.337 e. The van der Waals surface area contributed by atoms with Gasteiger partial charge in [-0.2, -0.15) is 0 Å². The molecule has 0 fully saturated rings. The Bertz CT molecular complexity index is 877. The summed E-state index contributed by atoms with van der Waals surface area (Å²) in [4.78, 5) is 23.5. The monoisotopic (exact) mass is 456 g/mol. The van der Waals surface area contributed by atoms with Gasteiger partial charge in [0.15, 0.2) is 0 Å². The Morgan fingerprint density at radius 2 is 1.64 bits per heavy atom. The molecule has 0 heterocycles. The molecular weight excluding hydrogens is 420 g/mol. The fraction of sp³-hybridized carbons (Fsp3) is 0.481.